The van der Waals surface area contributed by atoms with Crippen LogP contribution in [0.4, 0.5) is 4.39 Å². The number of rotatable bonds is 5. The molecule has 2 rings (SSSR count). The van der Waals surface area contributed by atoms with Gasteiger partial charge >= 0.3 is 0 Å². The first-order chi connectivity index (χ1) is 8.74. The van der Waals surface area contributed by atoms with Crippen molar-refractivity contribution < 1.29 is 9.18 Å². The van der Waals surface area contributed by atoms with Crippen LogP contribution in [-0.4, -0.2) is 25.5 Å². The zero-order valence-corrected chi connectivity index (χ0v) is 10.4. The molecule has 1 heterocycles. The van der Waals surface area contributed by atoms with Gasteiger partial charge in [0.25, 0.3) is 0 Å². The van der Waals surface area contributed by atoms with Crippen LogP contribution in [0, 0.1) is 11.7 Å². The summed E-state index contributed by atoms with van der Waals surface area (Å²) >= 11 is 0. The first-order valence-corrected chi connectivity index (χ1v) is 6.46. The second-order valence-electron chi connectivity index (χ2n) is 4.79. The van der Waals surface area contributed by atoms with Crippen molar-refractivity contribution in [1.29, 1.82) is 0 Å². The molecule has 4 heteroatoms. The minimum atomic E-state index is -0.239. The zero-order valence-electron chi connectivity index (χ0n) is 10.4. The average Bonchev–Trinajstić information content (AvgIpc) is 2.89. The van der Waals surface area contributed by atoms with Crippen LogP contribution in [0.15, 0.2) is 24.3 Å². The summed E-state index contributed by atoms with van der Waals surface area (Å²) in [4.78, 5) is 11.6. The van der Waals surface area contributed by atoms with Gasteiger partial charge in [-0.25, -0.2) is 4.39 Å². The molecule has 0 spiro atoms. The molecular weight excluding hydrogens is 231 g/mol. The molecule has 0 saturated carbocycles. The highest BCUT2D eigenvalue weighted by Gasteiger charge is 2.14. The summed E-state index contributed by atoms with van der Waals surface area (Å²) in [6, 6.07) is 6.31. The lowest BCUT2D eigenvalue weighted by Crippen LogP contribution is -2.30. The predicted molar refractivity (Wildman–Crippen MR) is 68.7 cm³/mol. The Hall–Kier alpha value is -1.42. The number of hydrogen-bond acceptors (Lipinski definition) is 2. The monoisotopic (exact) mass is 250 g/mol. The van der Waals surface area contributed by atoms with Gasteiger partial charge in [-0.3, -0.25) is 4.79 Å². The Morgan fingerprint density at radius 3 is 2.83 bits per heavy atom. The molecule has 1 fully saturated rings. The Morgan fingerprint density at radius 1 is 1.39 bits per heavy atom. The van der Waals surface area contributed by atoms with E-state index in [2.05, 4.69) is 10.6 Å². The second-order valence-corrected chi connectivity index (χ2v) is 4.79. The van der Waals surface area contributed by atoms with E-state index in [4.69, 9.17) is 0 Å². The fourth-order valence-electron chi connectivity index (χ4n) is 2.14. The zero-order chi connectivity index (χ0) is 12.8. The Morgan fingerprint density at radius 2 is 2.17 bits per heavy atom. The maximum absolute atomic E-state index is 12.7. The Balaban J connectivity index is 1.66. The van der Waals surface area contributed by atoms with Gasteiger partial charge in [0.1, 0.15) is 5.82 Å². The Kier molecular flexibility index (Phi) is 4.70. The molecule has 1 aromatic carbocycles. The Bertz CT molecular complexity index is 385. The molecule has 1 aliphatic rings. The van der Waals surface area contributed by atoms with E-state index in [0.717, 1.165) is 31.6 Å². The fourth-order valence-corrected chi connectivity index (χ4v) is 2.14. The number of benzene rings is 1. The van der Waals surface area contributed by atoms with Gasteiger partial charge in [-0.2, -0.15) is 0 Å². The van der Waals surface area contributed by atoms with Crippen molar-refractivity contribution in [2.45, 2.75) is 19.3 Å². The van der Waals surface area contributed by atoms with Crippen molar-refractivity contribution in [3.8, 4) is 0 Å². The maximum atomic E-state index is 12.7. The van der Waals surface area contributed by atoms with Crippen molar-refractivity contribution in [1.82, 2.24) is 10.6 Å². The molecule has 1 aromatic rings. The van der Waals surface area contributed by atoms with Crippen molar-refractivity contribution in [2.24, 2.45) is 5.92 Å². The van der Waals surface area contributed by atoms with Gasteiger partial charge < -0.3 is 10.6 Å². The van der Waals surface area contributed by atoms with Crippen LogP contribution in [-0.2, 0) is 11.2 Å². The summed E-state index contributed by atoms with van der Waals surface area (Å²) in [5.41, 5.74) is 0.995. The highest BCUT2D eigenvalue weighted by molar-refractivity contribution is 5.76. The quantitative estimate of drug-likeness (QED) is 0.831. The predicted octanol–water partition coefficient (Wildman–Crippen LogP) is 1.48. The highest BCUT2D eigenvalue weighted by Crippen LogP contribution is 2.07. The molecule has 0 aliphatic carbocycles. The molecule has 3 nitrogen and oxygen atoms in total. The van der Waals surface area contributed by atoms with Gasteiger partial charge in [0.15, 0.2) is 0 Å². The van der Waals surface area contributed by atoms with Crippen molar-refractivity contribution in [2.75, 3.05) is 19.6 Å². The normalized spacial score (nSPS) is 18.8. The summed E-state index contributed by atoms with van der Waals surface area (Å²) in [6.07, 6.45) is 2.26. The van der Waals surface area contributed by atoms with E-state index in [9.17, 15) is 9.18 Å². The van der Waals surface area contributed by atoms with Crippen LogP contribution in [0.1, 0.15) is 18.4 Å². The molecule has 0 radical (unpaired) electrons. The first kappa shape index (κ1) is 13.0. The molecule has 1 atom stereocenters. The molecule has 98 valence electrons. The van der Waals surface area contributed by atoms with E-state index in [1.165, 1.54) is 12.1 Å². The van der Waals surface area contributed by atoms with E-state index >= 15 is 0 Å². The number of hydrogen-bond donors (Lipinski definition) is 2. The maximum Gasteiger partial charge on any atom is 0.220 e. The number of halogens is 1. The van der Waals surface area contributed by atoms with E-state index in [1.807, 2.05) is 0 Å². The Labute approximate surface area is 107 Å². The third-order valence-corrected chi connectivity index (χ3v) is 3.30. The largest absolute Gasteiger partial charge is 0.356 e. The summed E-state index contributed by atoms with van der Waals surface area (Å²) in [7, 11) is 0. The molecule has 0 bridgehead atoms. The smallest absolute Gasteiger partial charge is 0.220 e. The minimum absolute atomic E-state index is 0.0752. The van der Waals surface area contributed by atoms with Crippen molar-refractivity contribution in [3.05, 3.63) is 35.6 Å². The first-order valence-electron chi connectivity index (χ1n) is 6.46. The summed E-state index contributed by atoms with van der Waals surface area (Å²) in [5.74, 6) is 0.405. The van der Waals surface area contributed by atoms with Gasteiger partial charge in [-0.05, 0) is 49.5 Å². The summed E-state index contributed by atoms with van der Waals surface area (Å²) < 4.78 is 12.7. The van der Waals surface area contributed by atoms with Gasteiger partial charge in [-0.15, -0.1) is 0 Å². The van der Waals surface area contributed by atoms with Crippen LogP contribution in [0.5, 0.6) is 0 Å². The lowest BCUT2D eigenvalue weighted by molar-refractivity contribution is -0.121. The van der Waals surface area contributed by atoms with Gasteiger partial charge in [-0.1, -0.05) is 12.1 Å². The second kappa shape index (κ2) is 6.50. The topological polar surface area (TPSA) is 41.1 Å². The number of amides is 1. The summed E-state index contributed by atoms with van der Waals surface area (Å²) in [6.45, 7) is 2.81. The number of aryl methyl sites for hydroxylation is 1. The van der Waals surface area contributed by atoms with Crippen molar-refractivity contribution >= 4 is 5.91 Å². The molecular formula is C14H19FN2O. The van der Waals surface area contributed by atoms with Gasteiger partial charge in [0.05, 0.1) is 0 Å². The average molecular weight is 250 g/mol. The van der Waals surface area contributed by atoms with E-state index in [-0.39, 0.29) is 11.7 Å². The molecule has 2 N–H and O–H groups in total. The minimum Gasteiger partial charge on any atom is -0.356 e. The van der Waals surface area contributed by atoms with Crippen LogP contribution < -0.4 is 10.6 Å². The lowest BCUT2D eigenvalue weighted by Gasteiger charge is -2.09. The van der Waals surface area contributed by atoms with Crippen LogP contribution in [0.3, 0.4) is 0 Å². The molecule has 1 aliphatic heterocycles. The molecule has 18 heavy (non-hydrogen) atoms. The standard InChI is InChI=1S/C14H19FN2O/c15-13-4-1-11(2-5-13)3-6-14(18)17-10-12-7-8-16-9-12/h1-2,4-5,12,16H,3,6-10H2,(H,17,18). The van der Waals surface area contributed by atoms with Crippen LogP contribution in [0.2, 0.25) is 0 Å². The number of carbonyl (C=O) groups excluding carboxylic acids is 1. The highest BCUT2D eigenvalue weighted by atomic mass is 19.1. The lowest BCUT2D eigenvalue weighted by atomic mass is 10.1. The fraction of sp³-hybridized carbons (Fsp3) is 0.500. The van der Waals surface area contributed by atoms with Gasteiger partial charge in [0.2, 0.25) is 5.91 Å². The van der Waals surface area contributed by atoms with Crippen molar-refractivity contribution in [3.63, 3.8) is 0 Å². The van der Waals surface area contributed by atoms with E-state index in [0.29, 0.717) is 18.8 Å². The van der Waals surface area contributed by atoms with Crippen LogP contribution >= 0.6 is 0 Å². The summed E-state index contributed by atoms with van der Waals surface area (Å²) in [5, 5.41) is 6.23. The van der Waals surface area contributed by atoms with Crippen LogP contribution in [0.25, 0.3) is 0 Å². The van der Waals surface area contributed by atoms with E-state index < -0.39 is 0 Å². The van der Waals surface area contributed by atoms with E-state index in [1.54, 1.807) is 12.1 Å². The molecule has 1 unspecified atom stereocenters. The third-order valence-electron chi connectivity index (χ3n) is 3.30. The molecule has 1 amide bonds. The SMILES string of the molecule is O=C(CCc1ccc(F)cc1)NCC1CCNC1. The third kappa shape index (κ3) is 4.11. The molecule has 1 saturated heterocycles. The number of carbonyl (C=O) groups is 1. The number of nitrogens with one attached hydrogen (secondary N) is 2. The van der Waals surface area contributed by atoms with Gasteiger partial charge in [0, 0.05) is 13.0 Å². The molecule has 0 aromatic heterocycles.